The number of benzene rings is 2. The van der Waals surface area contributed by atoms with E-state index in [4.69, 9.17) is 0 Å². The van der Waals surface area contributed by atoms with Crippen LogP contribution in [0.15, 0.2) is 54.6 Å². The average Bonchev–Trinajstić information content (AvgIpc) is 3.07. The first kappa shape index (κ1) is 18.4. The molecule has 4 rings (SSSR count). The monoisotopic (exact) mass is 391 g/mol. The third-order valence-electron chi connectivity index (χ3n) is 5.03. The topological polar surface area (TPSA) is 62.3 Å². The van der Waals surface area contributed by atoms with Gasteiger partial charge in [0.05, 0.1) is 5.69 Å². The van der Waals surface area contributed by atoms with Crippen LogP contribution >= 0.6 is 11.3 Å². The van der Waals surface area contributed by atoms with E-state index in [0.29, 0.717) is 18.1 Å². The molecular weight excluding hydrogens is 370 g/mol. The van der Waals surface area contributed by atoms with E-state index in [1.807, 2.05) is 61.5 Å². The minimum atomic E-state index is -0.531. The lowest BCUT2D eigenvalue weighted by Crippen LogP contribution is -2.49. The first-order valence-electron chi connectivity index (χ1n) is 9.20. The van der Waals surface area contributed by atoms with E-state index in [1.54, 1.807) is 4.90 Å². The molecule has 28 heavy (non-hydrogen) atoms. The summed E-state index contributed by atoms with van der Waals surface area (Å²) in [6.07, 6.45) is 0.511. The summed E-state index contributed by atoms with van der Waals surface area (Å²) in [5, 5.41) is 3.49. The summed E-state index contributed by atoms with van der Waals surface area (Å²) < 4.78 is 0. The third kappa shape index (κ3) is 3.55. The van der Waals surface area contributed by atoms with Gasteiger partial charge in [0, 0.05) is 30.3 Å². The van der Waals surface area contributed by atoms with Gasteiger partial charge in [0.2, 0.25) is 11.8 Å². The number of aromatic nitrogens is 1. The summed E-state index contributed by atoms with van der Waals surface area (Å²) in [6, 6.07) is 17.3. The molecule has 5 nitrogen and oxygen atoms in total. The number of rotatable bonds is 3. The van der Waals surface area contributed by atoms with Gasteiger partial charge in [-0.25, -0.2) is 4.98 Å². The third-order valence-corrected chi connectivity index (χ3v) is 5.92. The molecule has 1 atom stereocenters. The molecule has 1 aliphatic rings. The molecule has 0 saturated carbocycles. The zero-order chi connectivity index (χ0) is 19.7. The number of thiazole rings is 1. The van der Waals surface area contributed by atoms with Crippen molar-refractivity contribution in [2.24, 2.45) is 0 Å². The van der Waals surface area contributed by atoms with Gasteiger partial charge in [0.15, 0.2) is 5.13 Å². The number of nitrogens with one attached hydrogen (secondary N) is 1. The second-order valence-electron chi connectivity index (χ2n) is 6.91. The molecule has 0 radical (unpaired) electrons. The molecule has 0 aliphatic carbocycles. The SMILES string of the molecule is CC(=O)N1Cc2ccccc2C[C@H]1C(=O)Nc1nc(-c2ccccc2)c(C)s1. The summed E-state index contributed by atoms with van der Waals surface area (Å²) in [4.78, 5) is 32.5. The molecule has 0 saturated heterocycles. The number of carbonyl (C=O) groups is 2. The van der Waals surface area contributed by atoms with Crippen LogP contribution in [0, 0.1) is 6.92 Å². The molecule has 3 aromatic rings. The molecule has 0 spiro atoms. The van der Waals surface area contributed by atoms with Crippen molar-refractivity contribution in [3.8, 4) is 11.3 Å². The second-order valence-corrected chi connectivity index (χ2v) is 8.12. The predicted octanol–water partition coefficient (Wildman–Crippen LogP) is 4.03. The Labute approximate surface area is 168 Å². The lowest BCUT2D eigenvalue weighted by Gasteiger charge is -2.35. The highest BCUT2D eigenvalue weighted by molar-refractivity contribution is 7.16. The number of fused-ring (bicyclic) bond motifs is 1. The Bertz CT molecular complexity index is 1030. The van der Waals surface area contributed by atoms with Crippen LogP contribution in [0.4, 0.5) is 5.13 Å². The number of aryl methyl sites for hydroxylation is 1. The quantitative estimate of drug-likeness (QED) is 0.733. The van der Waals surface area contributed by atoms with Gasteiger partial charge in [-0.2, -0.15) is 0 Å². The molecule has 1 aromatic heterocycles. The summed E-state index contributed by atoms with van der Waals surface area (Å²) in [6.45, 7) is 3.96. The zero-order valence-electron chi connectivity index (χ0n) is 15.8. The van der Waals surface area contributed by atoms with E-state index in [2.05, 4.69) is 10.3 Å². The van der Waals surface area contributed by atoms with Crippen LogP contribution in [0.5, 0.6) is 0 Å². The summed E-state index contributed by atoms with van der Waals surface area (Å²) in [5.74, 6) is -0.298. The van der Waals surface area contributed by atoms with Crippen LogP contribution in [0.25, 0.3) is 11.3 Å². The molecule has 0 fully saturated rings. The molecular formula is C22H21N3O2S. The van der Waals surface area contributed by atoms with Crippen LogP contribution in [0.1, 0.15) is 22.9 Å². The molecule has 142 valence electrons. The highest BCUT2D eigenvalue weighted by Crippen LogP contribution is 2.31. The highest BCUT2D eigenvalue weighted by atomic mass is 32.1. The summed E-state index contributed by atoms with van der Waals surface area (Å²) in [5.41, 5.74) is 4.10. The molecule has 2 heterocycles. The van der Waals surface area contributed by atoms with Crippen LogP contribution in [-0.4, -0.2) is 27.7 Å². The largest absolute Gasteiger partial charge is 0.326 e. The van der Waals surface area contributed by atoms with Gasteiger partial charge >= 0.3 is 0 Å². The van der Waals surface area contributed by atoms with Crippen LogP contribution in [-0.2, 0) is 22.6 Å². The average molecular weight is 391 g/mol. The number of carbonyl (C=O) groups excluding carboxylic acids is 2. The standard InChI is InChI=1S/C22H21N3O2S/c1-14-20(16-8-4-3-5-9-16)23-22(28-14)24-21(27)19-12-17-10-6-7-11-18(17)13-25(19)15(2)26/h3-11,19H,12-13H2,1-2H3,(H,23,24,27)/t19-/m0/s1. The van der Waals surface area contributed by atoms with Crippen molar-refractivity contribution in [2.45, 2.75) is 32.9 Å². The van der Waals surface area contributed by atoms with Crippen LogP contribution in [0.2, 0.25) is 0 Å². The molecule has 0 unspecified atom stereocenters. The van der Waals surface area contributed by atoms with Gasteiger partial charge in [-0.05, 0) is 18.1 Å². The van der Waals surface area contributed by atoms with Gasteiger partial charge in [-0.1, -0.05) is 54.6 Å². The van der Waals surface area contributed by atoms with Gasteiger partial charge in [0.25, 0.3) is 0 Å². The first-order valence-corrected chi connectivity index (χ1v) is 10.0. The van der Waals surface area contributed by atoms with E-state index < -0.39 is 6.04 Å². The number of hydrogen-bond acceptors (Lipinski definition) is 4. The Hall–Kier alpha value is -2.99. The molecule has 0 bridgehead atoms. The van der Waals surface area contributed by atoms with Gasteiger partial charge in [-0.15, -0.1) is 11.3 Å². The smallest absolute Gasteiger partial charge is 0.249 e. The van der Waals surface area contributed by atoms with E-state index >= 15 is 0 Å². The molecule has 1 aliphatic heterocycles. The van der Waals surface area contributed by atoms with Crippen molar-refractivity contribution < 1.29 is 9.59 Å². The fourth-order valence-electron chi connectivity index (χ4n) is 3.59. The van der Waals surface area contributed by atoms with E-state index in [1.165, 1.54) is 18.3 Å². The van der Waals surface area contributed by atoms with Crippen molar-refractivity contribution in [1.82, 2.24) is 9.88 Å². The van der Waals surface area contributed by atoms with Crippen molar-refractivity contribution in [3.63, 3.8) is 0 Å². The van der Waals surface area contributed by atoms with Crippen LogP contribution < -0.4 is 5.32 Å². The predicted molar refractivity (Wildman–Crippen MR) is 111 cm³/mol. The van der Waals surface area contributed by atoms with E-state index in [9.17, 15) is 9.59 Å². The molecule has 2 aromatic carbocycles. The number of amides is 2. The Morgan fingerprint density at radius 3 is 2.46 bits per heavy atom. The molecule has 1 N–H and O–H groups in total. The highest BCUT2D eigenvalue weighted by Gasteiger charge is 2.33. The van der Waals surface area contributed by atoms with Crippen molar-refractivity contribution in [3.05, 3.63) is 70.6 Å². The fourth-order valence-corrected chi connectivity index (χ4v) is 4.43. The maximum absolute atomic E-state index is 13.0. The maximum atomic E-state index is 13.0. The number of nitrogens with zero attached hydrogens (tertiary/aromatic N) is 2. The maximum Gasteiger partial charge on any atom is 0.249 e. The Kier molecular flexibility index (Phi) is 4.96. The Morgan fingerprint density at radius 2 is 1.75 bits per heavy atom. The second kappa shape index (κ2) is 7.56. The van der Waals surface area contributed by atoms with Crippen molar-refractivity contribution >= 4 is 28.3 Å². The summed E-state index contributed by atoms with van der Waals surface area (Å²) >= 11 is 1.45. The van der Waals surface area contributed by atoms with Gasteiger partial charge in [0.1, 0.15) is 6.04 Å². The number of anilines is 1. The van der Waals surface area contributed by atoms with E-state index in [-0.39, 0.29) is 11.8 Å². The van der Waals surface area contributed by atoms with Gasteiger partial charge < -0.3 is 10.2 Å². The van der Waals surface area contributed by atoms with Crippen molar-refractivity contribution in [1.29, 1.82) is 0 Å². The minimum Gasteiger partial charge on any atom is -0.326 e. The van der Waals surface area contributed by atoms with Crippen molar-refractivity contribution in [2.75, 3.05) is 5.32 Å². The lowest BCUT2D eigenvalue weighted by molar-refractivity contribution is -0.138. The Morgan fingerprint density at radius 1 is 1.07 bits per heavy atom. The Balaban J connectivity index is 1.57. The van der Waals surface area contributed by atoms with Crippen LogP contribution in [0.3, 0.4) is 0 Å². The van der Waals surface area contributed by atoms with E-state index in [0.717, 1.165) is 27.3 Å². The summed E-state index contributed by atoms with van der Waals surface area (Å²) in [7, 11) is 0. The first-order chi connectivity index (χ1) is 13.5. The molecule has 6 heteroatoms. The molecule has 2 amide bonds. The zero-order valence-corrected chi connectivity index (χ0v) is 16.6. The fraction of sp³-hybridized carbons (Fsp3) is 0.227. The van der Waals surface area contributed by atoms with Gasteiger partial charge in [-0.3, -0.25) is 9.59 Å². The lowest BCUT2D eigenvalue weighted by atomic mass is 9.93. The normalized spacial score (nSPS) is 15.8. The number of hydrogen-bond donors (Lipinski definition) is 1. The minimum absolute atomic E-state index is 0.102.